The highest BCUT2D eigenvalue weighted by Crippen LogP contribution is 2.59. The third kappa shape index (κ3) is 8.41. The molecule has 0 fully saturated rings. The second kappa shape index (κ2) is 6.23. The molecule has 0 saturated carbocycles. The Labute approximate surface area is 109 Å². The summed E-state index contributed by atoms with van der Waals surface area (Å²) in [6, 6.07) is 0. The van der Waals surface area contributed by atoms with E-state index in [4.69, 9.17) is 0 Å². The van der Waals surface area contributed by atoms with Crippen LogP contribution in [0.2, 0.25) is 0 Å². The zero-order valence-electron chi connectivity index (χ0n) is 7.69. The van der Waals surface area contributed by atoms with Crippen LogP contribution in [0.5, 0.6) is 0 Å². The van der Waals surface area contributed by atoms with Gasteiger partial charge in [0.1, 0.15) is 0 Å². The van der Waals surface area contributed by atoms with E-state index in [9.17, 15) is 30.9 Å². The molecule has 17 heavy (non-hydrogen) atoms. The number of hydrogen-bond acceptors (Lipinski definition) is 3. The summed E-state index contributed by atoms with van der Waals surface area (Å²) in [4.78, 5) is 0. The summed E-state index contributed by atoms with van der Waals surface area (Å²) in [5, 5.41) is 0. The largest absolute Gasteiger partial charge is 0.412 e. The summed E-state index contributed by atoms with van der Waals surface area (Å²) in [6.45, 7) is -3.95. The molecule has 0 unspecified atom stereocenters. The molecule has 0 aromatic heterocycles. The summed E-state index contributed by atoms with van der Waals surface area (Å²) in [5.41, 5.74) is 0. The first-order valence-electron chi connectivity index (χ1n) is 3.66. The van der Waals surface area contributed by atoms with Gasteiger partial charge in [-0.3, -0.25) is 13.6 Å². The lowest BCUT2D eigenvalue weighted by Crippen LogP contribution is -2.21. The Morgan fingerprint density at radius 3 is 1.41 bits per heavy atom. The van der Waals surface area contributed by atoms with Crippen molar-refractivity contribution >= 4 is 39.5 Å². The molecule has 0 atom stereocenters. The molecule has 104 valence electrons. The third-order valence-corrected chi connectivity index (χ3v) is 5.52. The quantitative estimate of drug-likeness (QED) is 0.377. The van der Waals surface area contributed by atoms with Gasteiger partial charge in [0.25, 0.3) is 0 Å². The van der Waals surface area contributed by atoms with Crippen molar-refractivity contribution in [2.75, 3.05) is 13.2 Å². The van der Waals surface area contributed by atoms with Crippen LogP contribution in [0.1, 0.15) is 0 Å². The predicted octanol–water partition coefficient (Wildman–Crippen LogP) is 4.41. The minimum Gasteiger partial charge on any atom is -0.298 e. The van der Waals surface area contributed by atoms with Gasteiger partial charge >= 0.3 is 19.9 Å². The molecular weight excluding hydrogens is 413 g/mol. The van der Waals surface area contributed by atoms with E-state index in [1.165, 1.54) is 0 Å². The first kappa shape index (κ1) is 17.7. The van der Waals surface area contributed by atoms with Crippen molar-refractivity contribution in [2.45, 2.75) is 15.8 Å². The fourth-order valence-electron chi connectivity index (χ4n) is 0.476. The Morgan fingerprint density at radius 2 is 1.24 bits per heavy atom. The van der Waals surface area contributed by atoms with Crippen molar-refractivity contribution in [3.05, 3.63) is 0 Å². The van der Waals surface area contributed by atoms with Gasteiger partial charge in [-0.25, -0.2) is 0 Å². The lowest BCUT2D eigenvalue weighted by atomic mass is 10.7. The van der Waals surface area contributed by atoms with Gasteiger partial charge in [0.05, 0.1) is 0 Å². The lowest BCUT2D eigenvalue weighted by Gasteiger charge is -2.21. The molecule has 0 aliphatic heterocycles. The monoisotopic (exact) mass is 416 g/mol. The Balaban J connectivity index is 4.54. The normalized spacial score (nSPS) is 14.4. The summed E-state index contributed by atoms with van der Waals surface area (Å²) in [6.07, 6.45) is -9.65. The number of rotatable bonds is 5. The Bertz CT molecular complexity index is 268. The van der Waals surface area contributed by atoms with Crippen molar-refractivity contribution in [1.82, 2.24) is 0 Å². The highest BCUT2D eigenvalue weighted by Gasteiger charge is 2.41. The van der Waals surface area contributed by atoms with E-state index < -0.39 is 36.6 Å². The van der Waals surface area contributed by atoms with Crippen LogP contribution in [-0.4, -0.2) is 29.0 Å². The third-order valence-electron chi connectivity index (χ3n) is 1.06. The van der Waals surface area contributed by atoms with Crippen molar-refractivity contribution in [3.8, 4) is 0 Å². The maximum Gasteiger partial charge on any atom is 0.412 e. The fraction of sp³-hybridized carbons (Fsp3) is 1.00. The molecule has 0 spiro atoms. The average molecular weight is 418 g/mol. The lowest BCUT2D eigenvalue weighted by molar-refractivity contribution is -0.165. The highest BCUT2D eigenvalue weighted by atomic mass is 79.9. The molecule has 0 aliphatic rings. The smallest absolute Gasteiger partial charge is 0.298 e. The first-order chi connectivity index (χ1) is 7.36. The molecule has 0 heterocycles. The van der Waals surface area contributed by atoms with E-state index in [-0.39, 0.29) is 0 Å². The van der Waals surface area contributed by atoms with E-state index in [0.717, 1.165) is 0 Å². The van der Waals surface area contributed by atoms with E-state index in [1.54, 1.807) is 0 Å². The van der Waals surface area contributed by atoms with Crippen LogP contribution in [0, 0.1) is 0 Å². The van der Waals surface area contributed by atoms with Crippen LogP contribution in [-0.2, 0) is 13.6 Å². The van der Waals surface area contributed by atoms with Gasteiger partial charge in [-0.2, -0.15) is 26.3 Å². The maximum absolute atomic E-state index is 11.8. The summed E-state index contributed by atoms with van der Waals surface area (Å²) >= 11 is 5.00. The van der Waals surface area contributed by atoms with Gasteiger partial charge in [0.2, 0.25) is 0 Å². The predicted molar refractivity (Wildman–Crippen MR) is 53.3 cm³/mol. The first-order valence-corrected chi connectivity index (χ1v) is 7.10. The Kier molecular flexibility index (Phi) is 6.48. The summed E-state index contributed by atoms with van der Waals surface area (Å²) in [7, 11) is -4.59. The Hall–Kier alpha value is 0.690. The van der Waals surface area contributed by atoms with Gasteiger partial charge in [0.15, 0.2) is 16.7 Å². The van der Waals surface area contributed by atoms with Crippen molar-refractivity contribution in [1.29, 1.82) is 0 Å². The van der Waals surface area contributed by atoms with Gasteiger partial charge in [-0.05, 0) is 0 Å². The van der Waals surface area contributed by atoms with Crippen molar-refractivity contribution in [2.24, 2.45) is 0 Å². The fourth-order valence-corrected chi connectivity index (χ4v) is 2.85. The van der Waals surface area contributed by atoms with Crippen LogP contribution < -0.4 is 0 Å². The van der Waals surface area contributed by atoms with Crippen molar-refractivity contribution < 1.29 is 40.0 Å². The molecule has 12 heteroatoms. The molecular formula is C5H5Br2F6O3P. The SMILES string of the molecule is O=P(OCC(F)(F)F)(OCC(F)(F)F)C(Br)Br. The van der Waals surface area contributed by atoms with E-state index >= 15 is 0 Å². The molecule has 0 aliphatic carbocycles. The van der Waals surface area contributed by atoms with Crippen LogP contribution in [0.15, 0.2) is 0 Å². The standard InChI is InChI=1S/C5H5Br2F6O3P/c6-3(7)17(14,15-1-4(8,9)10)16-2-5(11,12)13/h3H,1-2H2. The van der Waals surface area contributed by atoms with Crippen molar-refractivity contribution in [3.63, 3.8) is 0 Å². The Morgan fingerprint density at radius 1 is 0.941 bits per heavy atom. The average Bonchev–Trinajstić information content (AvgIpc) is 2.09. The van der Waals surface area contributed by atoms with Crippen LogP contribution in [0.25, 0.3) is 0 Å². The molecule has 0 amide bonds. The molecule has 0 saturated heterocycles. The maximum atomic E-state index is 11.8. The molecule has 3 nitrogen and oxygen atoms in total. The molecule has 0 N–H and O–H groups in total. The second-order valence-electron chi connectivity index (χ2n) is 2.59. The molecule has 0 bridgehead atoms. The van der Waals surface area contributed by atoms with Crippen LogP contribution in [0.3, 0.4) is 0 Å². The highest BCUT2D eigenvalue weighted by molar-refractivity contribution is 9.26. The van der Waals surface area contributed by atoms with Gasteiger partial charge < -0.3 is 0 Å². The zero-order valence-corrected chi connectivity index (χ0v) is 11.8. The van der Waals surface area contributed by atoms with Crippen LogP contribution >= 0.6 is 39.5 Å². The summed E-state index contributed by atoms with van der Waals surface area (Å²) in [5.74, 6) is 0. The number of hydrogen-bond donors (Lipinski definition) is 0. The van der Waals surface area contributed by atoms with E-state index in [0.29, 0.717) is 0 Å². The van der Waals surface area contributed by atoms with Gasteiger partial charge in [-0.1, -0.05) is 31.9 Å². The second-order valence-corrected chi connectivity index (χ2v) is 9.18. The molecule has 0 rings (SSSR count). The summed E-state index contributed by atoms with van der Waals surface area (Å²) < 4.78 is 88.3. The molecule has 0 aromatic carbocycles. The topological polar surface area (TPSA) is 35.5 Å². The minimum atomic E-state index is -4.83. The molecule has 0 radical (unpaired) electrons. The van der Waals surface area contributed by atoms with E-state index in [2.05, 4.69) is 40.9 Å². The minimum absolute atomic E-state index is 1.48. The van der Waals surface area contributed by atoms with Gasteiger partial charge in [-0.15, -0.1) is 0 Å². The molecule has 0 aromatic rings. The zero-order chi connectivity index (χ0) is 13.9. The van der Waals surface area contributed by atoms with Gasteiger partial charge in [0, 0.05) is 0 Å². The van der Waals surface area contributed by atoms with E-state index in [1.807, 2.05) is 0 Å². The number of halogens is 8. The number of alkyl halides is 8. The van der Waals surface area contributed by atoms with Crippen LogP contribution in [0.4, 0.5) is 26.3 Å².